The minimum atomic E-state index is -3.95. The fourth-order valence-electron chi connectivity index (χ4n) is 2.18. The largest absolute Gasteiger partial charge is 0.478 e. The van der Waals surface area contributed by atoms with Crippen LogP contribution in [-0.2, 0) is 10.0 Å². The van der Waals surface area contributed by atoms with Crippen molar-refractivity contribution in [2.45, 2.75) is 14.8 Å². The van der Waals surface area contributed by atoms with Gasteiger partial charge in [-0.2, -0.15) is 0 Å². The maximum absolute atomic E-state index is 12.5. The Balaban J connectivity index is 1.82. The molecule has 2 N–H and O–H groups in total. The third-order valence-electron chi connectivity index (χ3n) is 3.43. The number of aromatic carboxylic acids is 1. The molecule has 138 valence electrons. The molecule has 2 aromatic carbocycles. The monoisotopic (exact) mass is 420 g/mol. The van der Waals surface area contributed by atoms with Gasteiger partial charge in [0.2, 0.25) is 0 Å². The number of rotatable bonds is 6. The molecule has 0 aliphatic rings. The van der Waals surface area contributed by atoms with E-state index >= 15 is 0 Å². The Bertz CT molecular complexity index is 1090. The van der Waals surface area contributed by atoms with Gasteiger partial charge in [-0.3, -0.25) is 4.72 Å². The van der Waals surface area contributed by atoms with Crippen LogP contribution in [0.5, 0.6) is 0 Å². The molecule has 0 radical (unpaired) electrons. The molecule has 1 aromatic heterocycles. The molecule has 0 saturated heterocycles. The predicted molar refractivity (Wildman–Crippen MR) is 104 cm³/mol. The molecule has 0 aliphatic carbocycles. The second kappa shape index (κ2) is 7.99. The van der Waals surface area contributed by atoms with E-state index in [0.29, 0.717) is 5.02 Å². The number of halogens is 1. The summed E-state index contributed by atoms with van der Waals surface area (Å²) in [6.07, 6.45) is 1.67. The quantitative estimate of drug-likeness (QED) is 0.614. The van der Waals surface area contributed by atoms with Crippen LogP contribution in [0.3, 0.4) is 0 Å². The number of hydrogen-bond donors (Lipinski definition) is 2. The molecule has 0 bridgehead atoms. The summed E-state index contributed by atoms with van der Waals surface area (Å²) in [7, 11) is -3.95. The van der Waals surface area contributed by atoms with Crippen molar-refractivity contribution in [2.24, 2.45) is 0 Å². The molecule has 3 rings (SSSR count). The Kier molecular flexibility index (Phi) is 5.69. The fraction of sp³-hybridized carbons (Fsp3) is 0. The van der Waals surface area contributed by atoms with Crippen LogP contribution in [0.2, 0.25) is 5.02 Å². The lowest BCUT2D eigenvalue weighted by atomic mass is 10.2. The number of sulfonamides is 1. The van der Waals surface area contributed by atoms with E-state index in [1.807, 2.05) is 18.2 Å². The Labute approximate surface area is 165 Å². The minimum absolute atomic E-state index is 0.113. The van der Waals surface area contributed by atoms with Gasteiger partial charge in [0.25, 0.3) is 10.0 Å². The first-order chi connectivity index (χ1) is 12.8. The third-order valence-corrected chi connectivity index (χ3v) is 6.26. The molecule has 27 heavy (non-hydrogen) atoms. The van der Waals surface area contributed by atoms with Crippen LogP contribution in [-0.4, -0.2) is 24.5 Å². The number of carbonyl (C=O) groups is 1. The van der Waals surface area contributed by atoms with Crippen molar-refractivity contribution in [3.05, 3.63) is 77.4 Å². The molecular formula is C18H13ClN2O4S2. The highest BCUT2D eigenvalue weighted by Crippen LogP contribution is 2.34. The first kappa shape index (κ1) is 19.2. The first-order valence-electron chi connectivity index (χ1n) is 7.60. The van der Waals surface area contributed by atoms with E-state index in [2.05, 4.69) is 9.71 Å². The summed E-state index contributed by atoms with van der Waals surface area (Å²) in [5.41, 5.74) is 0.157. The maximum atomic E-state index is 12.5. The molecule has 6 nitrogen and oxygen atoms in total. The van der Waals surface area contributed by atoms with Crippen LogP contribution in [0.15, 0.2) is 81.7 Å². The summed E-state index contributed by atoms with van der Waals surface area (Å²) in [4.78, 5) is 15.8. The summed E-state index contributed by atoms with van der Waals surface area (Å²) in [6.45, 7) is 0. The molecule has 0 unspecified atom stereocenters. The zero-order valence-corrected chi connectivity index (χ0v) is 16.1. The van der Waals surface area contributed by atoms with Crippen LogP contribution in [0, 0.1) is 0 Å². The molecule has 3 aromatic rings. The minimum Gasteiger partial charge on any atom is -0.478 e. The lowest BCUT2D eigenvalue weighted by molar-refractivity contribution is 0.0696. The van der Waals surface area contributed by atoms with E-state index in [4.69, 9.17) is 16.7 Å². The number of benzene rings is 2. The summed E-state index contributed by atoms with van der Waals surface area (Å²) < 4.78 is 27.4. The SMILES string of the molecule is O=C(O)c1cccc(S(=O)(=O)Nc2ccc(Sc3ccccn3)c(Cl)c2)c1. The van der Waals surface area contributed by atoms with Gasteiger partial charge in [-0.25, -0.2) is 18.2 Å². The van der Waals surface area contributed by atoms with Gasteiger partial charge >= 0.3 is 5.97 Å². The van der Waals surface area contributed by atoms with Gasteiger partial charge in [-0.05, 0) is 48.5 Å². The molecule has 0 atom stereocenters. The number of aromatic nitrogens is 1. The van der Waals surface area contributed by atoms with Crippen molar-refractivity contribution in [3.63, 3.8) is 0 Å². The first-order valence-corrected chi connectivity index (χ1v) is 10.3. The number of nitrogens with zero attached hydrogens (tertiary/aromatic N) is 1. The number of anilines is 1. The van der Waals surface area contributed by atoms with E-state index in [1.54, 1.807) is 18.3 Å². The van der Waals surface area contributed by atoms with Gasteiger partial charge in [-0.1, -0.05) is 35.5 Å². The highest BCUT2D eigenvalue weighted by Gasteiger charge is 2.17. The lowest BCUT2D eigenvalue weighted by Crippen LogP contribution is -2.13. The summed E-state index contributed by atoms with van der Waals surface area (Å²) in [5, 5.41) is 10.1. The van der Waals surface area contributed by atoms with Crippen molar-refractivity contribution in [1.29, 1.82) is 0 Å². The molecule has 0 fully saturated rings. The standard InChI is InChI=1S/C18H13ClN2O4S2/c19-15-11-13(7-8-16(15)26-17-6-1-2-9-20-17)21-27(24,25)14-5-3-4-12(10-14)18(22)23/h1-11,21H,(H,22,23). The van der Waals surface area contributed by atoms with E-state index in [-0.39, 0.29) is 16.1 Å². The van der Waals surface area contributed by atoms with Crippen LogP contribution < -0.4 is 4.72 Å². The van der Waals surface area contributed by atoms with Gasteiger partial charge in [0.15, 0.2) is 0 Å². The van der Waals surface area contributed by atoms with Crippen LogP contribution in [0.25, 0.3) is 0 Å². The van der Waals surface area contributed by atoms with Crippen molar-refractivity contribution >= 4 is 45.0 Å². The molecule has 0 spiro atoms. The van der Waals surface area contributed by atoms with Crippen molar-refractivity contribution in [3.8, 4) is 0 Å². The lowest BCUT2D eigenvalue weighted by Gasteiger charge is -2.10. The Hall–Kier alpha value is -2.55. The second-order valence-corrected chi connectivity index (χ2v) is 8.51. The second-order valence-electron chi connectivity index (χ2n) is 5.35. The van der Waals surface area contributed by atoms with Crippen LogP contribution in [0.1, 0.15) is 10.4 Å². The Morgan fingerprint density at radius 1 is 1.07 bits per heavy atom. The number of hydrogen-bond acceptors (Lipinski definition) is 5. The maximum Gasteiger partial charge on any atom is 0.335 e. The highest BCUT2D eigenvalue weighted by molar-refractivity contribution is 7.99. The van der Waals surface area contributed by atoms with E-state index in [1.165, 1.54) is 36.0 Å². The average molecular weight is 421 g/mol. The van der Waals surface area contributed by atoms with E-state index in [0.717, 1.165) is 16.0 Å². The Morgan fingerprint density at radius 3 is 2.56 bits per heavy atom. The van der Waals surface area contributed by atoms with E-state index in [9.17, 15) is 13.2 Å². The molecule has 9 heteroatoms. The predicted octanol–water partition coefficient (Wildman–Crippen LogP) is 4.39. The molecule has 1 heterocycles. The molecular weight excluding hydrogens is 408 g/mol. The molecule has 0 saturated carbocycles. The summed E-state index contributed by atoms with van der Waals surface area (Å²) in [6, 6.07) is 15.4. The van der Waals surface area contributed by atoms with Gasteiger partial charge in [-0.15, -0.1) is 0 Å². The summed E-state index contributed by atoms with van der Waals surface area (Å²) in [5.74, 6) is -1.20. The van der Waals surface area contributed by atoms with Gasteiger partial charge in [0.1, 0.15) is 5.03 Å². The van der Waals surface area contributed by atoms with Gasteiger partial charge in [0.05, 0.1) is 21.2 Å². The van der Waals surface area contributed by atoms with Crippen molar-refractivity contribution in [2.75, 3.05) is 4.72 Å². The fourth-order valence-corrected chi connectivity index (χ4v) is 4.35. The zero-order valence-electron chi connectivity index (χ0n) is 13.7. The number of pyridine rings is 1. The normalized spacial score (nSPS) is 11.1. The molecule has 0 aliphatic heterocycles. The topological polar surface area (TPSA) is 96.4 Å². The van der Waals surface area contributed by atoms with Crippen molar-refractivity contribution < 1.29 is 18.3 Å². The van der Waals surface area contributed by atoms with E-state index < -0.39 is 16.0 Å². The van der Waals surface area contributed by atoms with Gasteiger partial charge < -0.3 is 5.11 Å². The zero-order chi connectivity index (χ0) is 19.4. The van der Waals surface area contributed by atoms with Crippen molar-refractivity contribution in [1.82, 2.24) is 4.98 Å². The molecule has 0 amide bonds. The van der Waals surface area contributed by atoms with Crippen LogP contribution in [0.4, 0.5) is 5.69 Å². The highest BCUT2D eigenvalue weighted by atomic mass is 35.5. The third kappa shape index (κ3) is 4.79. The Morgan fingerprint density at radius 2 is 1.89 bits per heavy atom. The van der Waals surface area contributed by atoms with Gasteiger partial charge in [0, 0.05) is 11.1 Å². The smallest absolute Gasteiger partial charge is 0.335 e. The number of nitrogens with one attached hydrogen (secondary N) is 1. The summed E-state index contributed by atoms with van der Waals surface area (Å²) >= 11 is 7.62. The average Bonchev–Trinajstić information content (AvgIpc) is 2.65. The van der Waals surface area contributed by atoms with Crippen LogP contribution >= 0.6 is 23.4 Å². The number of carboxylic acids is 1. The number of carboxylic acid groups (broad SMARTS) is 1.